The smallest absolute Gasteiger partial charge is 1.00 e. The summed E-state index contributed by atoms with van der Waals surface area (Å²) in [6, 6.07) is 0. The number of hydrogen-bond donors (Lipinski definition) is 2. The molecule has 8 heavy (non-hydrogen) atoms. The number of nitrogens with two attached hydrogens (primary N) is 1. The zero-order chi connectivity index (χ0) is 3.41. The molecule has 2 nitrogen and oxygen atoms in total. The van der Waals surface area contributed by atoms with Crippen LogP contribution in [0, 0.1) is 0 Å². The van der Waals surface area contributed by atoms with E-state index >= 15 is 0 Å². The molecule has 0 aliphatic rings. The van der Waals surface area contributed by atoms with Gasteiger partial charge in [0, 0.05) is 6.54 Å². The fourth-order valence-corrected chi connectivity index (χ4v) is 0. The summed E-state index contributed by atoms with van der Waals surface area (Å²) in [5.74, 6) is 0. The Hall–Kier alpha value is 2.64. The summed E-state index contributed by atoms with van der Waals surface area (Å²) >= 11 is 0. The molecule has 0 bridgehead atoms. The average molecular weight is 469 g/mol. The van der Waals surface area contributed by atoms with Crippen LogP contribution >= 0.6 is 0 Å². The van der Waals surface area contributed by atoms with Gasteiger partial charge < -0.3 is 82.8 Å². The van der Waals surface area contributed by atoms with Crippen LogP contribution in [0.15, 0.2) is 0 Å². The van der Waals surface area contributed by atoms with Crippen LogP contribution in [-0.2, 0) is 0 Å². The SMILES string of the molecule is NCCO.[Al+3].[I-].[I-].[I-]. The van der Waals surface area contributed by atoms with Crippen LogP contribution in [0.4, 0.5) is 0 Å². The summed E-state index contributed by atoms with van der Waals surface area (Å²) < 4.78 is 0. The van der Waals surface area contributed by atoms with Gasteiger partial charge in [-0.2, -0.15) is 0 Å². The Kier molecular flexibility index (Phi) is 130. The van der Waals surface area contributed by atoms with Gasteiger partial charge in [0.15, 0.2) is 0 Å². The molecule has 0 aliphatic carbocycles. The summed E-state index contributed by atoms with van der Waals surface area (Å²) in [6.45, 7) is 0.472. The van der Waals surface area contributed by atoms with Crippen LogP contribution in [0.25, 0.3) is 0 Å². The summed E-state index contributed by atoms with van der Waals surface area (Å²) in [5.41, 5.74) is 4.78. The zero-order valence-electron chi connectivity index (χ0n) is 4.15. The Labute approximate surface area is 112 Å². The fourth-order valence-electron chi connectivity index (χ4n) is 0. The molecule has 50 valence electrons. The minimum absolute atomic E-state index is 0. The average Bonchev–Trinajstić information content (AvgIpc) is 1.37. The Morgan fingerprint density at radius 3 is 1.25 bits per heavy atom. The molecule has 0 aromatic rings. The maximum Gasteiger partial charge on any atom is 3.00 e. The predicted octanol–water partition coefficient (Wildman–Crippen LogP) is -10.4. The van der Waals surface area contributed by atoms with Gasteiger partial charge in [-0.15, -0.1) is 0 Å². The third kappa shape index (κ3) is 38.0. The van der Waals surface area contributed by atoms with Gasteiger partial charge in [-0.1, -0.05) is 0 Å². The van der Waals surface area contributed by atoms with Crippen molar-refractivity contribution >= 4 is 17.4 Å². The van der Waals surface area contributed by atoms with E-state index in [4.69, 9.17) is 10.8 Å². The molecule has 0 unspecified atom stereocenters. The van der Waals surface area contributed by atoms with Crippen LogP contribution in [0.5, 0.6) is 0 Å². The van der Waals surface area contributed by atoms with E-state index in [0.717, 1.165) is 0 Å². The molecular formula is C2H7AlI3NO. The van der Waals surface area contributed by atoms with Crippen LogP contribution in [0.3, 0.4) is 0 Å². The van der Waals surface area contributed by atoms with Crippen molar-refractivity contribution in [2.45, 2.75) is 0 Å². The molecule has 0 rings (SSSR count). The molecule has 0 atom stereocenters. The van der Waals surface area contributed by atoms with Crippen LogP contribution < -0.4 is 77.7 Å². The maximum absolute atomic E-state index is 7.75. The van der Waals surface area contributed by atoms with Gasteiger partial charge in [0.25, 0.3) is 0 Å². The third-order valence-electron chi connectivity index (χ3n) is 0.129. The summed E-state index contributed by atoms with van der Waals surface area (Å²) in [5, 5.41) is 7.75. The molecule has 0 aromatic carbocycles. The molecule has 0 saturated heterocycles. The molecule has 6 heteroatoms. The zero-order valence-corrected chi connectivity index (χ0v) is 11.8. The van der Waals surface area contributed by atoms with E-state index in [0.29, 0.717) is 6.54 Å². The first-order valence-corrected chi connectivity index (χ1v) is 1.22. The molecule has 0 spiro atoms. The van der Waals surface area contributed by atoms with E-state index in [-0.39, 0.29) is 95.9 Å². The molecule has 0 fully saturated rings. The van der Waals surface area contributed by atoms with E-state index in [1.54, 1.807) is 0 Å². The summed E-state index contributed by atoms with van der Waals surface area (Å²) in [6.07, 6.45) is 0. The molecule has 3 N–H and O–H groups in total. The molecule has 0 radical (unpaired) electrons. The van der Waals surface area contributed by atoms with Gasteiger partial charge in [-0.25, -0.2) is 0 Å². The van der Waals surface area contributed by atoms with Gasteiger partial charge >= 0.3 is 17.4 Å². The minimum atomic E-state index is 0. The molecular weight excluding hydrogens is 462 g/mol. The van der Waals surface area contributed by atoms with Crippen LogP contribution in [-0.4, -0.2) is 35.6 Å². The largest absolute Gasteiger partial charge is 3.00 e. The molecule has 0 saturated carbocycles. The molecule has 0 aromatic heterocycles. The van der Waals surface area contributed by atoms with Gasteiger partial charge in [-0.05, 0) is 0 Å². The molecule has 0 amide bonds. The van der Waals surface area contributed by atoms with Gasteiger partial charge in [-0.3, -0.25) is 0 Å². The van der Waals surface area contributed by atoms with E-state index in [1.165, 1.54) is 0 Å². The number of rotatable bonds is 1. The maximum atomic E-state index is 7.75. The van der Waals surface area contributed by atoms with E-state index in [1.807, 2.05) is 0 Å². The second-order valence-corrected chi connectivity index (χ2v) is 0.512. The summed E-state index contributed by atoms with van der Waals surface area (Å²) in [4.78, 5) is 0. The van der Waals surface area contributed by atoms with Crippen molar-refractivity contribution in [2.75, 3.05) is 13.2 Å². The quantitative estimate of drug-likeness (QED) is 0.297. The topological polar surface area (TPSA) is 46.2 Å². The molecule has 0 aliphatic heterocycles. The Balaban J connectivity index is -0.00000000750. The van der Waals surface area contributed by atoms with E-state index < -0.39 is 0 Å². The van der Waals surface area contributed by atoms with E-state index in [2.05, 4.69) is 0 Å². The van der Waals surface area contributed by atoms with Gasteiger partial charge in [0.2, 0.25) is 0 Å². The Morgan fingerprint density at radius 2 is 1.25 bits per heavy atom. The number of aliphatic hydroxyl groups is 1. The first kappa shape index (κ1) is 31.1. The first-order valence-electron chi connectivity index (χ1n) is 1.22. The monoisotopic (exact) mass is 469 g/mol. The van der Waals surface area contributed by atoms with Gasteiger partial charge in [0.05, 0.1) is 6.61 Å². The predicted molar refractivity (Wildman–Crippen MR) is 21.9 cm³/mol. The normalized spacial score (nSPS) is 3.75. The van der Waals surface area contributed by atoms with Gasteiger partial charge in [0.1, 0.15) is 0 Å². The third-order valence-corrected chi connectivity index (χ3v) is 0.129. The van der Waals surface area contributed by atoms with Crippen LogP contribution in [0.2, 0.25) is 0 Å². The first-order chi connectivity index (χ1) is 1.91. The van der Waals surface area contributed by atoms with Crippen molar-refractivity contribution in [3.63, 3.8) is 0 Å². The molecule has 0 heterocycles. The number of halogens is 3. The van der Waals surface area contributed by atoms with Crippen molar-refractivity contribution in [3.05, 3.63) is 0 Å². The Bertz CT molecular complexity index is 19.2. The van der Waals surface area contributed by atoms with Crippen molar-refractivity contribution in [2.24, 2.45) is 5.73 Å². The standard InChI is InChI=1S/C2H7NO.Al.3HI/c3-1-2-4;;;;/h4H,1-3H2;;3*1H/q;+3;;;/p-3. The second kappa shape index (κ2) is 33.4. The second-order valence-electron chi connectivity index (χ2n) is 0.512. The van der Waals surface area contributed by atoms with E-state index in [9.17, 15) is 0 Å². The fraction of sp³-hybridized carbons (Fsp3) is 1.00. The van der Waals surface area contributed by atoms with Crippen LogP contribution in [0.1, 0.15) is 0 Å². The van der Waals surface area contributed by atoms with Crippen molar-refractivity contribution in [1.82, 2.24) is 0 Å². The van der Waals surface area contributed by atoms with Crippen molar-refractivity contribution in [3.8, 4) is 0 Å². The summed E-state index contributed by atoms with van der Waals surface area (Å²) in [7, 11) is 0. The number of hydrogen-bond acceptors (Lipinski definition) is 2. The number of aliphatic hydroxyl groups excluding tert-OH is 1. The van der Waals surface area contributed by atoms with Crippen molar-refractivity contribution < 1.29 is 77.0 Å². The minimum Gasteiger partial charge on any atom is -1.00 e. The Morgan fingerprint density at radius 1 is 1.12 bits per heavy atom. The van der Waals surface area contributed by atoms with Crippen molar-refractivity contribution in [1.29, 1.82) is 0 Å².